The fraction of sp³-hybridized carbons (Fsp3) is 0.350. The fourth-order valence-electron chi connectivity index (χ4n) is 3.98. The summed E-state index contributed by atoms with van der Waals surface area (Å²) >= 11 is 0. The molecule has 3 aromatic rings. The van der Waals surface area contributed by atoms with E-state index in [0.717, 1.165) is 16.6 Å². The molecule has 0 radical (unpaired) electrons. The Hall–Kier alpha value is -3.13. The number of aromatic nitrogens is 3. The monoisotopic (exact) mass is 379 g/mol. The zero-order valence-corrected chi connectivity index (χ0v) is 15.4. The van der Waals surface area contributed by atoms with Gasteiger partial charge in [-0.1, -0.05) is 18.2 Å². The topological polar surface area (TPSA) is 83.5 Å². The summed E-state index contributed by atoms with van der Waals surface area (Å²) < 4.78 is 7.11. The second kappa shape index (κ2) is 6.79. The van der Waals surface area contributed by atoms with E-state index < -0.39 is 6.04 Å². The van der Waals surface area contributed by atoms with Gasteiger partial charge in [0.05, 0.1) is 32.0 Å². The largest absolute Gasteiger partial charge is 0.378 e. The average Bonchev–Trinajstić information content (AvgIpc) is 3.39. The van der Waals surface area contributed by atoms with E-state index in [0.29, 0.717) is 45.1 Å². The Labute approximate surface area is 161 Å². The molecule has 2 aromatic heterocycles. The number of aromatic amines is 1. The molecular formula is C20H21N5O3. The maximum atomic E-state index is 13.2. The van der Waals surface area contributed by atoms with Crippen LogP contribution in [0.3, 0.4) is 0 Å². The summed E-state index contributed by atoms with van der Waals surface area (Å²) in [5.74, 6) is -0.120. The smallest absolute Gasteiger partial charge is 0.270 e. The number of ether oxygens (including phenoxy) is 1. The summed E-state index contributed by atoms with van der Waals surface area (Å²) in [6.07, 6.45) is 1.69. The standard InChI is InChI=1S/C20H21N5O3/c26-19(17-11-14-3-1-2-4-16(14)22-17)24-12-15-5-6-21-25(15)18(13-24)20(27)23-7-9-28-10-8-23/h1-6,11,18,22H,7-10,12-13H2/t18-/m0/s1. The van der Waals surface area contributed by atoms with Gasteiger partial charge < -0.3 is 19.5 Å². The van der Waals surface area contributed by atoms with Gasteiger partial charge in [0.25, 0.3) is 5.91 Å². The van der Waals surface area contributed by atoms with Crippen LogP contribution in [0, 0.1) is 0 Å². The van der Waals surface area contributed by atoms with E-state index in [-0.39, 0.29) is 11.8 Å². The van der Waals surface area contributed by atoms with E-state index in [9.17, 15) is 9.59 Å². The zero-order valence-electron chi connectivity index (χ0n) is 15.4. The Morgan fingerprint density at radius 1 is 1.11 bits per heavy atom. The van der Waals surface area contributed by atoms with Gasteiger partial charge in [0.2, 0.25) is 5.91 Å². The Kier molecular flexibility index (Phi) is 4.12. The summed E-state index contributed by atoms with van der Waals surface area (Å²) in [4.78, 5) is 33.0. The molecule has 0 unspecified atom stereocenters. The van der Waals surface area contributed by atoms with Crippen LogP contribution in [0.15, 0.2) is 42.6 Å². The number of hydrogen-bond donors (Lipinski definition) is 1. The van der Waals surface area contributed by atoms with Crippen molar-refractivity contribution in [3.05, 3.63) is 54.0 Å². The number of carbonyl (C=O) groups excluding carboxylic acids is 2. The van der Waals surface area contributed by atoms with Crippen molar-refractivity contribution >= 4 is 22.7 Å². The molecule has 1 saturated heterocycles. The first kappa shape index (κ1) is 17.0. The molecule has 8 heteroatoms. The SMILES string of the molecule is O=C(c1cc2ccccc2[nH]1)N1Cc2ccnn2[C@H](C(=O)N2CCOCC2)C1. The first-order valence-electron chi connectivity index (χ1n) is 9.46. The quantitative estimate of drug-likeness (QED) is 0.730. The van der Waals surface area contributed by atoms with E-state index in [1.54, 1.807) is 20.7 Å². The lowest BCUT2D eigenvalue weighted by molar-refractivity contribution is -0.140. The van der Waals surface area contributed by atoms with Gasteiger partial charge in [-0.3, -0.25) is 14.3 Å². The lowest BCUT2D eigenvalue weighted by atomic mass is 10.1. The van der Waals surface area contributed by atoms with Crippen LogP contribution < -0.4 is 0 Å². The number of morpholine rings is 1. The van der Waals surface area contributed by atoms with Gasteiger partial charge in [-0.2, -0.15) is 5.10 Å². The molecule has 8 nitrogen and oxygen atoms in total. The Balaban J connectivity index is 1.43. The van der Waals surface area contributed by atoms with Gasteiger partial charge in [-0.15, -0.1) is 0 Å². The highest BCUT2D eigenvalue weighted by Gasteiger charge is 2.36. The Morgan fingerprint density at radius 3 is 2.75 bits per heavy atom. The molecule has 4 heterocycles. The van der Waals surface area contributed by atoms with Crippen LogP contribution in [0.4, 0.5) is 0 Å². The highest BCUT2D eigenvalue weighted by Crippen LogP contribution is 2.25. The number of nitrogens with one attached hydrogen (secondary N) is 1. The Morgan fingerprint density at radius 2 is 1.93 bits per heavy atom. The minimum atomic E-state index is -0.509. The van der Waals surface area contributed by atoms with Crippen LogP contribution in [0.1, 0.15) is 22.2 Å². The van der Waals surface area contributed by atoms with E-state index in [4.69, 9.17) is 4.74 Å². The molecule has 1 aromatic carbocycles. The van der Waals surface area contributed by atoms with Gasteiger partial charge >= 0.3 is 0 Å². The zero-order chi connectivity index (χ0) is 19.1. The average molecular weight is 379 g/mol. The minimum Gasteiger partial charge on any atom is -0.378 e. The lowest BCUT2D eigenvalue weighted by Crippen LogP contribution is -2.50. The van der Waals surface area contributed by atoms with Crippen LogP contribution >= 0.6 is 0 Å². The summed E-state index contributed by atoms with van der Waals surface area (Å²) in [6.45, 7) is 2.97. The number of hydrogen-bond acceptors (Lipinski definition) is 4. The molecule has 2 aliphatic heterocycles. The Bertz CT molecular complexity index is 1000. The van der Waals surface area contributed by atoms with Crippen molar-refractivity contribution in [1.82, 2.24) is 24.6 Å². The van der Waals surface area contributed by atoms with Crippen LogP contribution in [-0.2, 0) is 16.1 Å². The molecule has 1 N–H and O–H groups in total. The van der Waals surface area contributed by atoms with Crippen molar-refractivity contribution in [1.29, 1.82) is 0 Å². The van der Waals surface area contributed by atoms with Gasteiger partial charge in [-0.05, 0) is 18.2 Å². The summed E-state index contributed by atoms with van der Waals surface area (Å²) in [5, 5.41) is 5.34. The van der Waals surface area contributed by atoms with Crippen molar-refractivity contribution in [2.24, 2.45) is 0 Å². The maximum Gasteiger partial charge on any atom is 0.270 e. The second-order valence-electron chi connectivity index (χ2n) is 7.18. The number of benzene rings is 1. The van der Waals surface area contributed by atoms with Crippen molar-refractivity contribution in [3.8, 4) is 0 Å². The molecule has 5 rings (SSSR count). The molecule has 0 spiro atoms. The molecule has 144 valence electrons. The first-order chi connectivity index (χ1) is 13.7. The molecule has 2 amide bonds. The molecule has 2 aliphatic rings. The lowest BCUT2D eigenvalue weighted by Gasteiger charge is -2.36. The molecule has 1 atom stereocenters. The molecule has 0 bridgehead atoms. The molecular weight excluding hydrogens is 358 g/mol. The first-order valence-corrected chi connectivity index (χ1v) is 9.46. The number of amides is 2. The maximum absolute atomic E-state index is 13.2. The van der Waals surface area contributed by atoms with Crippen LogP contribution in [0.5, 0.6) is 0 Å². The summed E-state index contributed by atoms with van der Waals surface area (Å²) in [5.41, 5.74) is 2.32. The van der Waals surface area contributed by atoms with Crippen molar-refractivity contribution in [2.75, 3.05) is 32.8 Å². The normalized spacial score (nSPS) is 19.6. The summed E-state index contributed by atoms with van der Waals surface area (Å²) in [7, 11) is 0. The number of carbonyl (C=O) groups is 2. The number of nitrogens with zero attached hydrogens (tertiary/aromatic N) is 4. The molecule has 0 saturated carbocycles. The van der Waals surface area contributed by atoms with E-state index in [1.165, 1.54) is 0 Å². The predicted octanol–water partition coefficient (Wildman–Crippen LogP) is 1.42. The summed E-state index contributed by atoms with van der Waals surface area (Å²) in [6, 6.07) is 11.0. The third kappa shape index (κ3) is 2.86. The highest BCUT2D eigenvalue weighted by atomic mass is 16.5. The van der Waals surface area contributed by atoms with Gasteiger partial charge in [0, 0.05) is 30.2 Å². The highest BCUT2D eigenvalue weighted by molar-refractivity contribution is 5.98. The van der Waals surface area contributed by atoms with Crippen LogP contribution in [0.2, 0.25) is 0 Å². The van der Waals surface area contributed by atoms with Crippen molar-refractivity contribution in [2.45, 2.75) is 12.6 Å². The molecule has 1 fully saturated rings. The minimum absolute atomic E-state index is 0.0117. The van der Waals surface area contributed by atoms with Crippen LogP contribution in [-0.4, -0.2) is 69.2 Å². The van der Waals surface area contributed by atoms with Gasteiger partial charge in [0.1, 0.15) is 11.7 Å². The third-order valence-electron chi connectivity index (χ3n) is 5.45. The van der Waals surface area contributed by atoms with E-state index >= 15 is 0 Å². The van der Waals surface area contributed by atoms with Crippen LogP contribution in [0.25, 0.3) is 10.9 Å². The van der Waals surface area contributed by atoms with Gasteiger partial charge in [0.15, 0.2) is 0 Å². The van der Waals surface area contributed by atoms with Crippen molar-refractivity contribution < 1.29 is 14.3 Å². The predicted molar refractivity (Wildman–Crippen MR) is 102 cm³/mol. The van der Waals surface area contributed by atoms with Crippen molar-refractivity contribution in [3.63, 3.8) is 0 Å². The van der Waals surface area contributed by atoms with E-state index in [1.807, 2.05) is 36.4 Å². The number of fused-ring (bicyclic) bond motifs is 2. The van der Waals surface area contributed by atoms with Gasteiger partial charge in [-0.25, -0.2) is 0 Å². The molecule has 28 heavy (non-hydrogen) atoms. The number of para-hydroxylation sites is 1. The number of H-pyrrole nitrogens is 1. The molecule has 0 aliphatic carbocycles. The van der Waals surface area contributed by atoms with E-state index in [2.05, 4.69) is 10.1 Å². The fourth-order valence-corrected chi connectivity index (χ4v) is 3.98. The second-order valence-corrected chi connectivity index (χ2v) is 7.18. The number of rotatable bonds is 2. The third-order valence-corrected chi connectivity index (χ3v) is 5.45.